The van der Waals surface area contributed by atoms with Gasteiger partial charge < -0.3 is 14.5 Å². The smallest absolute Gasteiger partial charge is 0.246 e. The largest absolute Gasteiger partial charge is 0.492 e. The van der Waals surface area contributed by atoms with Crippen LogP contribution < -0.4 is 9.64 Å². The Kier molecular flexibility index (Phi) is 5.95. The van der Waals surface area contributed by atoms with Gasteiger partial charge in [0.1, 0.15) is 5.75 Å². The van der Waals surface area contributed by atoms with Crippen molar-refractivity contribution in [2.45, 2.75) is 13.8 Å². The average Bonchev–Trinajstić information content (AvgIpc) is 2.68. The Bertz CT molecular complexity index is 760. The van der Waals surface area contributed by atoms with Crippen molar-refractivity contribution in [3.63, 3.8) is 0 Å². The van der Waals surface area contributed by atoms with Crippen LogP contribution in [0.15, 0.2) is 54.6 Å². The second-order valence-corrected chi connectivity index (χ2v) is 6.46. The molecule has 0 aliphatic carbocycles. The van der Waals surface area contributed by atoms with E-state index < -0.39 is 0 Å². The van der Waals surface area contributed by atoms with E-state index in [1.807, 2.05) is 48.2 Å². The van der Waals surface area contributed by atoms with Crippen molar-refractivity contribution in [3.05, 3.63) is 65.7 Å². The van der Waals surface area contributed by atoms with Crippen LogP contribution in [0.2, 0.25) is 0 Å². The molecular weight excluding hydrogens is 324 g/mol. The molecule has 4 heteroatoms. The molecule has 3 rings (SSSR count). The second-order valence-electron chi connectivity index (χ2n) is 6.46. The maximum Gasteiger partial charge on any atom is 0.246 e. The van der Waals surface area contributed by atoms with E-state index >= 15 is 0 Å². The van der Waals surface area contributed by atoms with Gasteiger partial charge in [-0.2, -0.15) is 0 Å². The molecule has 0 bridgehead atoms. The summed E-state index contributed by atoms with van der Waals surface area (Å²) in [5, 5.41) is 0. The first-order chi connectivity index (χ1) is 12.7. The molecular formula is C22H26N2O2. The topological polar surface area (TPSA) is 32.8 Å². The molecule has 4 nitrogen and oxygen atoms in total. The van der Waals surface area contributed by atoms with Gasteiger partial charge in [0, 0.05) is 32.3 Å². The highest BCUT2D eigenvalue weighted by Gasteiger charge is 2.21. The lowest BCUT2D eigenvalue weighted by Crippen LogP contribution is -2.48. The van der Waals surface area contributed by atoms with Crippen molar-refractivity contribution in [1.82, 2.24) is 4.90 Å². The van der Waals surface area contributed by atoms with Crippen LogP contribution >= 0.6 is 0 Å². The van der Waals surface area contributed by atoms with E-state index in [1.165, 1.54) is 5.56 Å². The third-order valence-corrected chi connectivity index (χ3v) is 4.59. The molecule has 0 saturated carbocycles. The van der Waals surface area contributed by atoms with E-state index in [2.05, 4.69) is 30.0 Å². The third kappa shape index (κ3) is 4.45. The monoisotopic (exact) mass is 350 g/mol. The zero-order chi connectivity index (χ0) is 18.4. The Morgan fingerprint density at radius 1 is 1.04 bits per heavy atom. The number of para-hydroxylation sites is 2. The third-order valence-electron chi connectivity index (χ3n) is 4.59. The van der Waals surface area contributed by atoms with Crippen LogP contribution in [-0.2, 0) is 4.79 Å². The SMILES string of the molecule is CCOc1ccccc1N1CCN(C(=O)C=Cc2ccc(C)cc2)CC1. The van der Waals surface area contributed by atoms with Crippen molar-refractivity contribution < 1.29 is 9.53 Å². The van der Waals surface area contributed by atoms with Gasteiger partial charge >= 0.3 is 0 Å². The number of aryl methyl sites for hydroxylation is 1. The lowest BCUT2D eigenvalue weighted by Gasteiger charge is -2.36. The number of amides is 1. The first-order valence-electron chi connectivity index (χ1n) is 9.18. The quantitative estimate of drug-likeness (QED) is 0.770. The molecule has 0 atom stereocenters. The first-order valence-corrected chi connectivity index (χ1v) is 9.18. The molecule has 2 aromatic rings. The molecule has 0 radical (unpaired) electrons. The van der Waals surface area contributed by atoms with E-state index in [0.29, 0.717) is 6.61 Å². The maximum atomic E-state index is 12.4. The standard InChI is InChI=1S/C22H26N2O2/c1-3-26-21-7-5-4-6-20(21)23-14-16-24(17-15-23)22(25)13-12-19-10-8-18(2)9-11-19/h4-13H,3,14-17H2,1-2H3. The van der Waals surface area contributed by atoms with Crippen LogP contribution in [0.3, 0.4) is 0 Å². The van der Waals surface area contributed by atoms with Gasteiger partial charge in [-0.1, -0.05) is 42.0 Å². The van der Waals surface area contributed by atoms with Gasteiger partial charge in [-0.05, 0) is 37.6 Å². The Hall–Kier alpha value is -2.75. The van der Waals surface area contributed by atoms with Crippen LogP contribution in [0.1, 0.15) is 18.1 Å². The minimum Gasteiger partial charge on any atom is -0.492 e. The summed E-state index contributed by atoms with van der Waals surface area (Å²) in [6, 6.07) is 16.3. The molecule has 2 aromatic carbocycles. The lowest BCUT2D eigenvalue weighted by molar-refractivity contribution is -0.126. The molecule has 26 heavy (non-hydrogen) atoms. The molecule has 1 fully saturated rings. The number of carbonyl (C=O) groups excluding carboxylic acids is 1. The summed E-state index contributed by atoms with van der Waals surface area (Å²) in [5.41, 5.74) is 3.38. The number of piperazine rings is 1. The van der Waals surface area contributed by atoms with Crippen molar-refractivity contribution in [3.8, 4) is 5.75 Å². The summed E-state index contributed by atoms with van der Waals surface area (Å²) < 4.78 is 5.73. The zero-order valence-electron chi connectivity index (χ0n) is 15.5. The van der Waals surface area contributed by atoms with Crippen molar-refractivity contribution >= 4 is 17.7 Å². The van der Waals surface area contributed by atoms with E-state index in [9.17, 15) is 4.79 Å². The van der Waals surface area contributed by atoms with E-state index in [1.54, 1.807) is 6.08 Å². The summed E-state index contributed by atoms with van der Waals surface area (Å²) in [4.78, 5) is 16.6. The molecule has 0 unspecified atom stereocenters. The Labute approximate surface area is 155 Å². The van der Waals surface area contributed by atoms with Gasteiger partial charge in [-0.3, -0.25) is 4.79 Å². The summed E-state index contributed by atoms with van der Waals surface area (Å²) >= 11 is 0. The van der Waals surface area contributed by atoms with E-state index in [0.717, 1.165) is 43.2 Å². The molecule has 0 N–H and O–H groups in total. The van der Waals surface area contributed by atoms with Gasteiger partial charge in [0.15, 0.2) is 0 Å². The normalized spacial score (nSPS) is 14.7. The van der Waals surface area contributed by atoms with Crippen LogP contribution in [0.4, 0.5) is 5.69 Å². The van der Waals surface area contributed by atoms with Gasteiger partial charge in [-0.25, -0.2) is 0 Å². The van der Waals surface area contributed by atoms with Gasteiger partial charge in [-0.15, -0.1) is 0 Å². The molecule has 1 aliphatic heterocycles. The molecule has 0 spiro atoms. The summed E-state index contributed by atoms with van der Waals surface area (Å²) in [7, 11) is 0. The minimum absolute atomic E-state index is 0.0725. The molecule has 136 valence electrons. The lowest BCUT2D eigenvalue weighted by atomic mass is 10.1. The maximum absolute atomic E-state index is 12.4. The minimum atomic E-state index is 0.0725. The highest BCUT2D eigenvalue weighted by molar-refractivity contribution is 5.92. The first kappa shape index (κ1) is 18.1. The van der Waals surface area contributed by atoms with E-state index in [4.69, 9.17) is 4.74 Å². The fourth-order valence-corrected chi connectivity index (χ4v) is 3.11. The second kappa shape index (κ2) is 8.56. The highest BCUT2D eigenvalue weighted by Crippen LogP contribution is 2.28. The highest BCUT2D eigenvalue weighted by atomic mass is 16.5. The Morgan fingerprint density at radius 3 is 2.42 bits per heavy atom. The zero-order valence-corrected chi connectivity index (χ0v) is 15.5. The number of carbonyl (C=O) groups is 1. The number of benzene rings is 2. The average molecular weight is 350 g/mol. The molecule has 1 amide bonds. The fourth-order valence-electron chi connectivity index (χ4n) is 3.11. The predicted molar refractivity (Wildman–Crippen MR) is 107 cm³/mol. The molecule has 1 aliphatic rings. The van der Waals surface area contributed by atoms with Crippen LogP contribution in [0, 0.1) is 6.92 Å². The number of rotatable bonds is 5. The number of nitrogens with zero attached hydrogens (tertiary/aromatic N) is 2. The van der Waals surface area contributed by atoms with Gasteiger partial charge in [0.25, 0.3) is 0 Å². The van der Waals surface area contributed by atoms with Crippen LogP contribution in [0.25, 0.3) is 6.08 Å². The molecule has 1 saturated heterocycles. The summed E-state index contributed by atoms with van der Waals surface area (Å²) in [6.07, 6.45) is 3.56. The Balaban J connectivity index is 1.58. The molecule has 1 heterocycles. The van der Waals surface area contributed by atoms with Crippen LogP contribution in [-0.4, -0.2) is 43.6 Å². The number of hydrogen-bond acceptors (Lipinski definition) is 3. The predicted octanol–water partition coefficient (Wildman–Crippen LogP) is 3.76. The Morgan fingerprint density at radius 2 is 1.73 bits per heavy atom. The fraction of sp³-hybridized carbons (Fsp3) is 0.318. The van der Waals surface area contributed by atoms with Crippen molar-refractivity contribution in [2.75, 3.05) is 37.7 Å². The molecule has 0 aromatic heterocycles. The summed E-state index contributed by atoms with van der Waals surface area (Å²) in [6.45, 7) is 7.77. The number of hydrogen-bond donors (Lipinski definition) is 0. The van der Waals surface area contributed by atoms with Crippen molar-refractivity contribution in [2.24, 2.45) is 0 Å². The van der Waals surface area contributed by atoms with Gasteiger partial charge in [0.2, 0.25) is 5.91 Å². The number of anilines is 1. The summed E-state index contributed by atoms with van der Waals surface area (Å²) in [5.74, 6) is 0.984. The van der Waals surface area contributed by atoms with E-state index in [-0.39, 0.29) is 5.91 Å². The van der Waals surface area contributed by atoms with Gasteiger partial charge in [0.05, 0.1) is 12.3 Å². The number of ether oxygens (including phenoxy) is 1. The van der Waals surface area contributed by atoms with Crippen LogP contribution in [0.5, 0.6) is 5.75 Å². The van der Waals surface area contributed by atoms with Crippen molar-refractivity contribution in [1.29, 1.82) is 0 Å².